The first kappa shape index (κ1) is 34.5. The molecule has 6 rings (SSSR count). The number of aromatic hydroxyl groups is 1. The van der Waals surface area contributed by atoms with E-state index >= 15 is 0 Å². The molecule has 0 saturated carbocycles. The van der Waals surface area contributed by atoms with Crippen LogP contribution in [0.15, 0.2) is 91.0 Å². The lowest BCUT2D eigenvalue weighted by Gasteiger charge is -2.35. The van der Waals surface area contributed by atoms with Gasteiger partial charge < -0.3 is 19.3 Å². The van der Waals surface area contributed by atoms with E-state index in [9.17, 15) is 9.90 Å². The van der Waals surface area contributed by atoms with Gasteiger partial charge >= 0.3 is 0 Å². The Morgan fingerprint density at radius 2 is 1.47 bits per heavy atom. The number of fused-ring (bicyclic) bond motifs is 1. The number of phenols is 1. The van der Waals surface area contributed by atoms with E-state index in [1.54, 1.807) is 12.1 Å². The van der Waals surface area contributed by atoms with Crippen molar-refractivity contribution < 1.29 is 24.1 Å². The molecule has 0 aliphatic carbocycles. The number of rotatable bonds is 14. The summed E-state index contributed by atoms with van der Waals surface area (Å²) < 4.78 is 18.4. The molecular formula is C42H50N2O5. The molecule has 0 aromatic heterocycles. The summed E-state index contributed by atoms with van der Waals surface area (Å²) >= 11 is 0. The van der Waals surface area contributed by atoms with Gasteiger partial charge in [0.1, 0.15) is 36.2 Å². The van der Waals surface area contributed by atoms with E-state index in [4.69, 9.17) is 14.2 Å². The van der Waals surface area contributed by atoms with E-state index < -0.39 is 0 Å². The van der Waals surface area contributed by atoms with Crippen molar-refractivity contribution in [3.05, 3.63) is 119 Å². The maximum absolute atomic E-state index is 12.7. The SMILES string of the molecule is CCc1cc(OCCN2CCN(CCOc3ccc(C4c5ccc(O)cc5OCC4c4ccccc4)cc3)CC2)ccc1C(=O)C(C)CC. The van der Waals surface area contributed by atoms with Crippen LogP contribution in [0.2, 0.25) is 0 Å². The number of benzene rings is 4. The Kier molecular flexibility index (Phi) is 11.5. The second-order valence-corrected chi connectivity index (χ2v) is 13.3. The minimum Gasteiger partial charge on any atom is -0.508 e. The second-order valence-electron chi connectivity index (χ2n) is 13.3. The second kappa shape index (κ2) is 16.4. The molecule has 7 heteroatoms. The number of aryl methyl sites for hydroxylation is 1. The van der Waals surface area contributed by atoms with Crippen LogP contribution < -0.4 is 14.2 Å². The average Bonchev–Trinajstić information content (AvgIpc) is 3.15. The first-order valence-corrected chi connectivity index (χ1v) is 17.9. The van der Waals surface area contributed by atoms with Crippen LogP contribution in [-0.4, -0.2) is 79.8 Å². The predicted molar refractivity (Wildman–Crippen MR) is 195 cm³/mol. The normalized spacial score (nSPS) is 18.7. The van der Waals surface area contributed by atoms with E-state index in [0.717, 1.165) is 86.0 Å². The Morgan fingerprint density at radius 3 is 2.12 bits per heavy atom. The molecule has 2 heterocycles. The summed E-state index contributed by atoms with van der Waals surface area (Å²) in [5.41, 5.74) is 5.44. The number of phenolic OH excluding ortho intramolecular Hbond substituents is 1. The monoisotopic (exact) mass is 662 g/mol. The van der Waals surface area contributed by atoms with Gasteiger partial charge in [-0.05, 0) is 65.9 Å². The van der Waals surface area contributed by atoms with Gasteiger partial charge in [-0.1, -0.05) is 69.3 Å². The highest BCUT2D eigenvalue weighted by Gasteiger charge is 2.33. The van der Waals surface area contributed by atoms with Crippen LogP contribution in [0.25, 0.3) is 0 Å². The van der Waals surface area contributed by atoms with Crippen LogP contribution >= 0.6 is 0 Å². The molecular weight excluding hydrogens is 612 g/mol. The summed E-state index contributed by atoms with van der Waals surface area (Å²) in [6, 6.07) is 30.4. The van der Waals surface area contributed by atoms with Crippen molar-refractivity contribution in [1.82, 2.24) is 9.80 Å². The summed E-state index contributed by atoms with van der Waals surface area (Å²) in [6.07, 6.45) is 1.67. The van der Waals surface area contributed by atoms with Crippen LogP contribution in [0.1, 0.15) is 71.6 Å². The Balaban J connectivity index is 0.955. The first-order chi connectivity index (χ1) is 23.9. The zero-order valence-electron chi connectivity index (χ0n) is 29.1. The molecule has 2 aliphatic heterocycles. The van der Waals surface area contributed by atoms with Crippen LogP contribution in [0, 0.1) is 5.92 Å². The topological polar surface area (TPSA) is 71.5 Å². The number of carbonyl (C=O) groups is 1. The van der Waals surface area contributed by atoms with E-state index in [2.05, 4.69) is 72.2 Å². The molecule has 0 radical (unpaired) electrons. The van der Waals surface area contributed by atoms with Gasteiger partial charge in [-0.15, -0.1) is 0 Å². The number of Topliss-reactive ketones (excluding diaryl/α,β-unsaturated/α-hetero) is 1. The van der Waals surface area contributed by atoms with Gasteiger partial charge in [-0.3, -0.25) is 14.6 Å². The van der Waals surface area contributed by atoms with Gasteiger partial charge in [0.15, 0.2) is 5.78 Å². The third kappa shape index (κ3) is 8.46. The number of nitrogens with zero attached hydrogens (tertiary/aromatic N) is 2. The van der Waals surface area contributed by atoms with Gasteiger partial charge in [0.2, 0.25) is 0 Å². The zero-order valence-corrected chi connectivity index (χ0v) is 29.1. The number of hydrogen-bond acceptors (Lipinski definition) is 7. The van der Waals surface area contributed by atoms with Crippen molar-refractivity contribution in [2.24, 2.45) is 5.92 Å². The fourth-order valence-corrected chi connectivity index (χ4v) is 7.03. The van der Waals surface area contributed by atoms with Crippen molar-refractivity contribution in [3.8, 4) is 23.0 Å². The molecule has 0 spiro atoms. The van der Waals surface area contributed by atoms with Gasteiger partial charge in [-0.25, -0.2) is 0 Å². The molecule has 1 N–H and O–H groups in total. The van der Waals surface area contributed by atoms with Crippen LogP contribution in [0.3, 0.4) is 0 Å². The van der Waals surface area contributed by atoms with E-state index in [-0.39, 0.29) is 29.3 Å². The highest BCUT2D eigenvalue weighted by Crippen LogP contribution is 2.47. The van der Waals surface area contributed by atoms with Crippen molar-refractivity contribution in [3.63, 3.8) is 0 Å². The van der Waals surface area contributed by atoms with E-state index in [1.165, 1.54) is 11.1 Å². The molecule has 258 valence electrons. The minimum atomic E-state index is 0.0438. The first-order valence-electron chi connectivity index (χ1n) is 17.9. The predicted octanol–water partition coefficient (Wildman–Crippen LogP) is 7.57. The Labute approximate surface area is 291 Å². The lowest BCUT2D eigenvalue weighted by Crippen LogP contribution is -2.48. The molecule has 0 bridgehead atoms. The molecule has 4 aromatic rings. The van der Waals surface area contributed by atoms with Crippen molar-refractivity contribution >= 4 is 5.78 Å². The number of ketones is 1. The summed E-state index contributed by atoms with van der Waals surface area (Å²) in [5.74, 6) is 3.23. The lowest BCUT2D eigenvalue weighted by atomic mass is 9.76. The molecule has 7 nitrogen and oxygen atoms in total. The molecule has 3 unspecified atom stereocenters. The lowest BCUT2D eigenvalue weighted by molar-refractivity contribution is 0.0926. The van der Waals surface area contributed by atoms with Gasteiger partial charge in [-0.2, -0.15) is 0 Å². The Morgan fingerprint density at radius 1 is 0.816 bits per heavy atom. The Bertz CT molecular complexity index is 1670. The number of carbonyl (C=O) groups excluding carboxylic acids is 1. The average molecular weight is 663 g/mol. The van der Waals surface area contributed by atoms with Crippen molar-refractivity contribution in [1.29, 1.82) is 0 Å². The van der Waals surface area contributed by atoms with Crippen LogP contribution in [0.4, 0.5) is 0 Å². The molecule has 49 heavy (non-hydrogen) atoms. The summed E-state index contributed by atoms with van der Waals surface area (Å²) in [7, 11) is 0. The molecule has 4 aromatic carbocycles. The fraction of sp³-hybridized carbons (Fsp3) is 0.405. The van der Waals surface area contributed by atoms with Gasteiger partial charge in [0, 0.05) is 74.2 Å². The summed E-state index contributed by atoms with van der Waals surface area (Å²) in [6.45, 7) is 13.8. The number of ether oxygens (including phenoxy) is 3. The van der Waals surface area contributed by atoms with Crippen molar-refractivity contribution in [2.45, 2.75) is 45.4 Å². The number of piperazine rings is 1. The zero-order chi connectivity index (χ0) is 34.2. The minimum absolute atomic E-state index is 0.0438. The van der Waals surface area contributed by atoms with Crippen LogP contribution in [0.5, 0.6) is 23.0 Å². The van der Waals surface area contributed by atoms with E-state index in [1.807, 2.05) is 37.3 Å². The van der Waals surface area contributed by atoms with E-state index in [0.29, 0.717) is 19.8 Å². The summed E-state index contributed by atoms with van der Waals surface area (Å²) in [4.78, 5) is 17.7. The van der Waals surface area contributed by atoms with Gasteiger partial charge in [0.05, 0.1) is 6.61 Å². The van der Waals surface area contributed by atoms with Gasteiger partial charge in [0.25, 0.3) is 0 Å². The standard InChI is InChI=1S/C42H50N2O5/c1-4-30(3)42(46)37-18-16-36(27-31(37)5-2)48-26-24-44-21-19-43(20-22-44)23-25-47-35-14-11-33(12-15-35)41-38-17-13-34(45)28-40(38)49-29-39(41)32-9-7-6-8-10-32/h6-18,27-28,30,39,41,45H,4-5,19-26,29H2,1-3H3. The fourth-order valence-electron chi connectivity index (χ4n) is 7.03. The number of hydrogen-bond donors (Lipinski definition) is 1. The largest absolute Gasteiger partial charge is 0.508 e. The molecule has 2 aliphatic rings. The molecule has 3 atom stereocenters. The highest BCUT2D eigenvalue weighted by atomic mass is 16.5. The van der Waals surface area contributed by atoms with Crippen molar-refractivity contribution in [2.75, 3.05) is 59.1 Å². The summed E-state index contributed by atoms with van der Waals surface area (Å²) in [5, 5.41) is 10.1. The maximum Gasteiger partial charge on any atom is 0.165 e. The smallest absolute Gasteiger partial charge is 0.165 e. The molecule has 1 fully saturated rings. The molecule has 1 saturated heterocycles. The highest BCUT2D eigenvalue weighted by molar-refractivity contribution is 5.99. The molecule has 0 amide bonds. The van der Waals surface area contributed by atoms with Crippen LogP contribution in [-0.2, 0) is 6.42 Å². The third-order valence-corrected chi connectivity index (χ3v) is 10.2. The third-order valence-electron chi connectivity index (χ3n) is 10.2. The Hall–Kier alpha value is -4.33. The maximum atomic E-state index is 12.7. The quantitative estimate of drug-likeness (QED) is 0.140.